The van der Waals surface area contributed by atoms with Gasteiger partial charge in [0.1, 0.15) is 5.82 Å². The number of carbonyl (C=O) groups is 2. The highest BCUT2D eigenvalue weighted by Gasteiger charge is 2.22. The zero-order valence-corrected chi connectivity index (χ0v) is 15.3. The number of rotatable bonds is 4. The highest BCUT2D eigenvalue weighted by molar-refractivity contribution is 6.05. The van der Waals surface area contributed by atoms with Gasteiger partial charge in [0.05, 0.1) is 16.8 Å². The number of fused-ring (bicyclic) bond motifs is 1. The third kappa shape index (κ3) is 3.95. The zero-order chi connectivity index (χ0) is 19.6. The van der Waals surface area contributed by atoms with Gasteiger partial charge in [0.2, 0.25) is 0 Å². The average molecular weight is 366 g/mol. The number of likely N-dealkylation sites (N-methyl/N-ethyl adjacent to an activating group) is 1. The van der Waals surface area contributed by atoms with Crippen molar-refractivity contribution in [1.82, 2.24) is 9.88 Å². The van der Waals surface area contributed by atoms with E-state index in [9.17, 15) is 14.0 Å². The first-order valence-electron chi connectivity index (χ1n) is 8.44. The van der Waals surface area contributed by atoms with Crippen molar-refractivity contribution < 1.29 is 18.7 Å². The third-order valence-corrected chi connectivity index (χ3v) is 4.15. The van der Waals surface area contributed by atoms with Crippen LogP contribution in [0.3, 0.4) is 0 Å². The van der Waals surface area contributed by atoms with Crippen LogP contribution in [-0.2, 0) is 9.53 Å². The second-order valence-corrected chi connectivity index (χ2v) is 6.36. The lowest BCUT2D eigenvalue weighted by molar-refractivity contribution is -0.137. The normalized spacial score (nSPS) is 11.9. The van der Waals surface area contributed by atoms with E-state index in [2.05, 4.69) is 4.98 Å². The van der Waals surface area contributed by atoms with E-state index in [-0.39, 0.29) is 11.7 Å². The van der Waals surface area contributed by atoms with Crippen molar-refractivity contribution in [2.24, 2.45) is 0 Å². The standard InChI is InChI=1S/C21H19FN2O3/c1-13(20(25)24(2)3)27-21(26)17-12-19(14-8-10-15(22)11-9-14)23-18-7-5-4-6-16(17)18/h4-13H,1-3H3/t13-/m0/s1. The zero-order valence-electron chi connectivity index (χ0n) is 15.3. The lowest BCUT2D eigenvalue weighted by atomic mass is 10.0. The number of ether oxygens (including phenoxy) is 1. The first kappa shape index (κ1) is 18.5. The summed E-state index contributed by atoms with van der Waals surface area (Å²) < 4.78 is 18.6. The van der Waals surface area contributed by atoms with Crippen molar-refractivity contribution in [3.63, 3.8) is 0 Å². The first-order valence-corrected chi connectivity index (χ1v) is 8.44. The summed E-state index contributed by atoms with van der Waals surface area (Å²) in [7, 11) is 3.20. The summed E-state index contributed by atoms with van der Waals surface area (Å²) in [6.07, 6.45) is -0.909. The minimum atomic E-state index is -0.909. The molecule has 3 aromatic rings. The maximum atomic E-state index is 13.2. The average Bonchev–Trinajstić information content (AvgIpc) is 2.66. The van der Waals surface area contributed by atoms with Crippen LogP contribution in [0.5, 0.6) is 0 Å². The molecule has 5 nitrogen and oxygen atoms in total. The summed E-state index contributed by atoms with van der Waals surface area (Å²) in [5, 5.41) is 0.623. The lowest BCUT2D eigenvalue weighted by Gasteiger charge is -2.18. The Bertz CT molecular complexity index is 1000. The molecule has 3 rings (SSSR count). The second kappa shape index (κ2) is 7.53. The maximum absolute atomic E-state index is 13.2. The molecule has 1 heterocycles. The molecule has 0 unspecified atom stereocenters. The Balaban J connectivity index is 2.04. The van der Waals surface area contributed by atoms with E-state index in [0.29, 0.717) is 27.7 Å². The fourth-order valence-corrected chi connectivity index (χ4v) is 2.75. The summed E-state index contributed by atoms with van der Waals surface area (Å²) in [4.78, 5) is 30.7. The monoisotopic (exact) mass is 366 g/mol. The van der Waals surface area contributed by atoms with E-state index in [1.165, 1.54) is 24.0 Å². The molecule has 138 valence electrons. The van der Waals surface area contributed by atoms with Gasteiger partial charge in [0.25, 0.3) is 5.91 Å². The Morgan fingerprint density at radius 2 is 1.74 bits per heavy atom. The molecule has 2 aromatic carbocycles. The molecular formula is C21H19FN2O3. The molecule has 0 saturated heterocycles. The van der Waals surface area contributed by atoms with E-state index < -0.39 is 12.1 Å². The molecule has 1 atom stereocenters. The largest absolute Gasteiger partial charge is 0.449 e. The summed E-state index contributed by atoms with van der Waals surface area (Å²) in [5.41, 5.74) is 2.11. The van der Waals surface area contributed by atoms with Crippen LogP contribution in [0.1, 0.15) is 17.3 Å². The van der Waals surface area contributed by atoms with Gasteiger partial charge in [-0.15, -0.1) is 0 Å². The second-order valence-electron chi connectivity index (χ2n) is 6.36. The Morgan fingerprint density at radius 3 is 2.41 bits per heavy atom. The summed E-state index contributed by atoms with van der Waals surface area (Å²) in [6.45, 7) is 1.53. The number of pyridine rings is 1. The number of esters is 1. The van der Waals surface area contributed by atoms with Crippen molar-refractivity contribution in [3.05, 3.63) is 66.0 Å². The van der Waals surface area contributed by atoms with E-state index >= 15 is 0 Å². The smallest absolute Gasteiger partial charge is 0.339 e. The van der Waals surface area contributed by atoms with Gasteiger partial charge in [0, 0.05) is 25.0 Å². The molecule has 0 aliphatic carbocycles. The van der Waals surface area contributed by atoms with Crippen LogP contribution in [-0.4, -0.2) is 42.0 Å². The van der Waals surface area contributed by atoms with E-state index in [1.807, 2.05) is 6.07 Å². The van der Waals surface area contributed by atoms with Gasteiger partial charge in [-0.1, -0.05) is 18.2 Å². The Kier molecular flexibility index (Phi) is 5.16. The molecule has 0 N–H and O–H groups in total. The van der Waals surface area contributed by atoms with Crippen molar-refractivity contribution in [2.45, 2.75) is 13.0 Å². The number of benzene rings is 2. The lowest BCUT2D eigenvalue weighted by Crippen LogP contribution is -2.34. The Morgan fingerprint density at radius 1 is 1.07 bits per heavy atom. The number of para-hydroxylation sites is 1. The Hall–Kier alpha value is -3.28. The maximum Gasteiger partial charge on any atom is 0.339 e. The van der Waals surface area contributed by atoms with Gasteiger partial charge in [-0.05, 0) is 43.3 Å². The SMILES string of the molecule is C[C@H](OC(=O)c1cc(-c2ccc(F)cc2)nc2ccccc12)C(=O)N(C)C. The molecule has 6 heteroatoms. The number of amides is 1. The molecule has 0 radical (unpaired) electrons. The molecule has 0 bridgehead atoms. The van der Waals surface area contributed by atoms with Crippen molar-refractivity contribution in [3.8, 4) is 11.3 Å². The fraction of sp³-hybridized carbons (Fsp3) is 0.190. The van der Waals surface area contributed by atoms with E-state index in [4.69, 9.17) is 4.74 Å². The predicted molar refractivity (Wildman–Crippen MR) is 101 cm³/mol. The highest BCUT2D eigenvalue weighted by Crippen LogP contribution is 2.26. The van der Waals surface area contributed by atoms with E-state index in [1.54, 1.807) is 50.5 Å². The summed E-state index contributed by atoms with van der Waals surface area (Å²) in [6, 6.07) is 14.6. The van der Waals surface area contributed by atoms with Crippen LogP contribution in [0.25, 0.3) is 22.2 Å². The summed E-state index contributed by atoms with van der Waals surface area (Å²) >= 11 is 0. The molecule has 0 aliphatic heterocycles. The fourth-order valence-electron chi connectivity index (χ4n) is 2.75. The van der Waals surface area contributed by atoms with Gasteiger partial charge in [-0.2, -0.15) is 0 Å². The van der Waals surface area contributed by atoms with Crippen LogP contribution >= 0.6 is 0 Å². The number of aromatic nitrogens is 1. The molecule has 1 aromatic heterocycles. The van der Waals surface area contributed by atoms with Crippen LogP contribution in [0.2, 0.25) is 0 Å². The Labute approximate surface area is 156 Å². The molecule has 1 amide bonds. The number of hydrogen-bond acceptors (Lipinski definition) is 4. The molecule has 0 fully saturated rings. The predicted octanol–water partition coefficient (Wildman–Crippen LogP) is 3.67. The van der Waals surface area contributed by atoms with Crippen molar-refractivity contribution in [2.75, 3.05) is 14.1 Å². The van der Waals surface area contributed by atoms with Gasteiger partial charge in [0.15, 0.2) is 6.10 Å². The van der Waals surface area contributed by atoms with Crippen LogP contribution in [0, 0.1) is 5.82 Å². The minimum Gasteiger partial charge on any atom is -0.449 e. The van der Waals surface area contributed by atoms with Crippen LogP contribution < -0.4 is 0 Å². The third-order valence-electron chi connectivity index (χ3n) is 4.15. The molecule has 27 heavy (non-hydrogen) atoms. The van der Waals surface area contributed by atoms with Gasteiger partial charge in [-0.3, -0.25) is 4.79 Å². The van der Waals surface area contributed by atoms with Gasteiger partial charge < -0.3 is 9.64 Å². The first-order chi connectivity index (χ1) is 12.9. The van der Waals surface area contributed by atoms with Crippen LogP contribution in [0.4, 0.5) is 4.39 Å². The van der Waals surface area contributed by atoms with Crippen molar-refractivity contribution >= 4 is 22.8 Å². The van der Waals surface area contributed by atoms with Gasteiger partial charge in [-0.25, -0.2) is 14.2 Å². The van der Waals surface area contributed by atoms with E-state index in [0.717, 1.165) is 0 Å². The quantitative estimate of drug-likeness (QED) is 0.661. The summed E-state index contributed by atoms with van der Waals surface area (Å²) in [5.74, 6) is -1.27. The van der Waals surface area contributed by atoms with Crippen LogP contribution in [0.15, 0.2) is 54.6 Å². The molecule has 0 saturated carbocycles. The number of halogens is 1. The molecule has 0 spiro atoms. The molecular weight excluding hydrogens is 347 g/mol. The molecule has 0 aliphatic rings. The number of hydrogen-bond donors (Lipinski definition) is 0. The number of nitrogens with zero attached hydrogens (tertiary/aromatic N) is 2. The highest BCUT2D eigenvalue weighted by atomic mass is 19.1. The topological polar surface area (TPSA) is 59.5 Å². The number of carbonyl (C=O) groups excluding carboxylic acids is 2. The van der Waals surface area contributed by atoms with Gasteiger partial charge >= 0.3 is 5.97 Å². The minimum absolute atomic E-state index is 0.304. The van der Waals surface area contributed by atoms with Crippen molar-refractivity contribution in [1.29, 1.82) is 0 Å².